The van der Waals surface area contributed by atoms with Crippen molar-refractivity contribution in [3.8, 4) is 0 Å². The van der Waals surface area contributed by atoms with Crippen LogP contribution in [0.2, 0.25) is 0 Å². The molecule has 1 aromatic rings. The van der Waals surface area contributed by atoms with E-state index in [-0.39, 0.29) is 5.92 Å². The Morgan fingerprint density at radius 1 is 1.11 bits per heavy atom. The molecule has 1 aromatic heterocycles. The predicted octanol–water partition coefficient (Wildman–Crippen LogP) is 0.976. The number of carbonyl (C=O) groups is 2. The number of carboxylic acids is 2. The number of hydrogen-bond acceptors (Lipinski definition) is 7. The zero-order valence-electron chi connectivity index (χ0n) is 15.7. The molecule has 0 bridgehead atoms. The summed E-state index contributed by atoms with van der Waals surface area (Å²) in [6.45, 7) is 6.85. The van der Waals surface area contributed by atoms with E-state index in [4.69, 9.17) is 14.8 Å². The molecule has 3 heterocycles. The van der Waals surface area contributed by atoms with Gasteiger partial charge in [0.1, 0.15) is 5.82 Å². The van der Waals surface area contributed by atoms with Crippen molar-refractivity contribution in [1.29, 1.82) is 0 Å². The first kappa shape index (κ1) is 19.3. The molecular formula is C18H26N4O5. The van der Waals surface area contributed by atoms with Crippen LogP contribution in [0.1, 0.15) is 32.3 Å². The van der Waals surface area contributed by atoms with Crippen LogP contribution >= 0.6 is 0 Å². The Balaban J connectivity index is 1.91. The Morgan fingerprint density at radius 3 is 2.30 bits per heavy atom. The molecule has 0 unspecified atom stereocenters. The van der Waals surface area contributed by atoms with Gasteiger partial charge in [-0.05, 0) is 26.7 Å². The van der Waals surface area contributed by atoms with Crippen LogP contribution in [-0.4, -0.2) is 71.5 Å². The van der Waals surface area contributed by atoms with Gasteiger partial charge in [0.15, 0.2) is 0 Å². The van der Waals surface area contributed by atoms with Crippen LogP contribution in [0.3, 0.4) is 0 Å². The van der Waals surface area contributed by atoms with Gasteiger partial charge < -0.3 is 24.7 Å². The highest BCUT2D eigenvalue weighted by atomic mass is 16.5. The fourth-order valence-corrected chi connectivity index (χ4v) is 3.41. The second-order valence-electron chi connectivity index (χ2n) is 7.54. The zero-order valence-corrected chi connectivity index (χ0v) is 15.7. The third-order valence-electron chi connectivity index (χ3n) is 5.40. The van der Waals surface area contributed by atoms with Gasteiger partial charge in [-0.1, -0.05) is 0 Å². The fourth-order valence-electron chi connectivity index (χ4n) is 3.41. The summed E-state index contributed by atoms with van der Waals surface area (Å²) in [5, 5.41) is 18.8. The van der Waals surface area contributed by atoms with Crippen LogP contribution in [0.4, 0.5) is 11.8 Å². The van der Waals surface area contributed by atoms with Crippen molar-refractivity contribution in [1.82, 2.24) is 9.97 Å². The zero-order chi connectivity index (χ0) is 19.6. The Hall–Kier alpha value is -2.42. The first-order chi connectivity index (χ1) is 12.8. The first-order valence-electron chi connectivity index (χ1n) is 9.22. The highest BCUT2D eigenvalue weighted by Crippen LogP contribution is 2.33. The van der Waals surface area contributed by atoms with E-state index < -0.39 is 17.4 Å². The van der Waals surface area contributed by atoms with E-state index in [2.05, 4.69) is 4.98 Å². The normalized spacial score (nSPS) is 19.2. The molecule has 2 saturated heterocycles. The fraction of sp³-hybridized carbons (Fsp3) is 0.667. The van der Waals surface area contributed by atoms with Gasteiger partial charge >= 0.3 is 11.9 Å². The predicted molar refractivity (Wildman–Crippen MR) is 98.3 cm³/mol. The van der Waals surface area contributed by atoms with E-state index in [1.807, 2.05) is 9.80 Å². The number of hydrogen-bond donors (Lipinski definition) is 2. The lowest BCUT2D eigenvalue weighted by atomic mass is 9.85. The molecule has 0 spiro atoms. The maximum atomic E-state index is 11.8. The Kier molecular flexibility index (Phi) is 5.50. The molecule has 2 aliphatic rings. The van der Waals surface area contributed by atoms with Crippen LogP contribution in [-0.2, 0) is 19.7 Å². The SMILES string of the molecule is CC(C)(C(=O)O)c1cnc(N2CCC(C(=O)O)CC2)nc1N1CCOCC1. The van der Waals surface area contributed by atoms with Gasteiger partial charge in [0.2, 0.25) is 5.95 Å². The monoisotopic (exact) mass is 378 g/mol. The minimum atomic E-state index is -1.12. The molecule has 0 saturated carbocycles. The molecule has 3 rings (SSSR count). The summed E-state index contributed by atoms with van der Waals surface area (Å²) < 4.78 is 5.41. The summed E-state index contributed by atoms with van der Waals surface area (Å²) >= 11 is 0. The number of nitrogens with zero attached hydrogens (tertiary/aromatic N) is 4. The second-order valence-corrected chi connectivity index (χ2v) is 7.54. The molecule has 9 nitrogen and oxygen atoms in total. The second kappa shape index (κ2) is 7.67. The van der Waals surface area contributed by atoms with Gasteiger partial charge in [0.05, 0.1) is 24.5 Å². The smallest absolute Gasteiger partial charge is 0.313 e. The quantitative estimate of drug-likeness (QED) is 0.773. The molecule has 0 amide bonds. The number of rotatable bonds is 5. The lowest BCUT2D eigenvalue weighted by Gasteiger charge is -2.34. The number of piperidine rings is 1. The minimum absolute atomic E-state index is 0.329. The van der Waals surface area contributed by atoms with Crippen molar-refractivity contribution >= 4 is 23.7 Å². The summed E-state index contributed by atoms with van der Waals surface area (Å²) in [5.74, 6) is -0.884. The number of ether oxygens (including phenoxy) is 1. The van der Waals surface area contributed by atoms with Crippen LogP contribution in [0.15, 0.2) is 6.20 Å². The standard InChI is InChI=1S/C18H26N4O5/c1-18(2,16(25)26)13-11-19-17(20-14(13)21-7-9-27-10-8-21)22-5-3-12(4-6-22)15(23)24/h11-12H,3-10H2,1-2H3,(H,23,24)(H,25,26). The molecule has 148 valence electrons. The third-order valence-corrected chi connectivity index (χ3v) is 5.40. The lowest BCUT2D eigenvalue weighted by molar-refractivity contribution is -0.143. The maximum absolute atomic E-state index is 11.8. The van der Waals surface area contributed by atoms with Crippen molar-refractivity contribution in [2.24, 2.45) is 5.92 Å². The first-order valence-corrected chi connectivity index (χ1v) is 9.22. The molecule has 2 N–H and O–H groups in total. The van der Waals surface area contributed by atoms with Gasteiger partial charge in [0.25, 0.3) is 0 Å². The van der Waals surface area contributed by atoms with E-state index in [9.17, 15) is 14.7 Å². The molecule has 27 heavy (non-hydrogen) atoms. The maximum Gasteiger partial charge on any atom is 0.313 e. The van der Waals surface area contributed by atoms with Gasteiger partial charge in [0, 0.05) is 37.9 Å². The van der Waals surface area contributed by atoms with Gasteiger partial charge in [-0.2, -0.15) is 4.98 Å². The van der Waals surface area contributed by atoms with Crippen LogP contribution in [0, 0.1) is 5.92 Å². The van der Waals surface area contributed by atoms with E-state index in [1.165, 1.54) is 0 Å². The summed E-state index contributed by atoms with van der Waals surface area (Å²) in [5.41, 5.74) is -0.552. The van der Waals surface area contributed by atoms with E-state index in [0.29, 0.717) is 69.6 Å². The van der Waals surface area contributed by atoms with Crippen molar-refractivity contribution in [3.05, 3.63) is 11.8 Å². The molecule has 0 atom stereocenters. The van der Waals surface area contributed by atoms with Crippen LogP contribution in [0.5, 0.6) is 0 Å². The molecule has 0 aliphatic carbocycles. The number of anilines is 2. The number of carboxylic acid groups (broad SMARTS) is 2. The van der Waals surface area contributed by atoms with Crippen LogP contribution < -0.4 is 9.80 Å². The molecule has 2 fully saturated rings. The molecule has 0 radical (unpaired) electrons. The lowest BCUT2D eigenvalue weighted by Crippen LogP contribution is -2.41. The van der Waals surface area contributed by atoms with E-state index in [0.717, 1.165) is 0 Å². The number of morpholine rings is 1. The Labute approximate surface area is 158 Å². The van der Waals surface area contributed by atoms with Crippen molar-refractivity contribution in [3.63, 3.8) is 0 Å². The minimum Gasteiger partial charge on any atom is -0.481 e. The topological polar surface area (TPSA) is 116 Å². The van der Waals surface area contributed by atoms with Crippen molar-refractivity contribution in [2.45, 2.75) is 32.1 Å². The summed E-state index contributed by atoms with van der Waals surface area (Å²) in [6, 6.07) is 0. The van der Waals surface area contributed by atoms with E-state index in [1.54, 1.807) is 20.0 Å². The molecular weight excluding hydrogens is 352 g/mol. The summed E-state index contributed by atoms with van der Waals surface area (Å²) in [7, 11) is 0. The Bertz CT molecular complexity index is 710. The van der Waals surface area contributed by atoms with Gasteiger partial charge in [-0.25, -0.2) is 4.98 Å². The van der Waals surface area contributed by atoms with E-state index >= 15 is 0 Å². The highest BCUT2D eigenvalue weighted by Gasteiger charge is 2.36. The summed E-state index contributed by atoms with van der Waals surface area (Å²) in [6.07, 6.45) is 2.70. The van der Waals surface area contributed by atoms with Crippen LogP contribution in [0.25, 0.3) is 0 Å². The van der Waals surface area contributed by atoms with Gasteiger partial charge in [-0.15, -0.1) is 0 Å². The average Bonchev–Trinajstić information content (AvgIpc) is 2.68. The van der Waals surface area contributed by atoms with Gasteiger partial charge in [-0.3, -0.25) is 9.59 Å². The molecule has 0 aromatic carbocycles. The molecule has 9 heteroatoms. The third kappa shape index (κ3) is 3.97. The largest absolute Gasteiger partial charge is 0.481 e. The summed E-state index contributed by atoms with van der Waals surface area (Å²) in [4.78, 5) is 36.1. The Morgan fingerprint density at radius 2 is 1.74 bits per heavy atom. The highest BCUT2D eigenvalue weighted by molar-refractivity contribution is 5.82. The van der Waals surface area contributed by atoms with Crippen molar-refractivity contribution in [2.75, 3.05) is 49.2 Å². The van der Waals surface area contributed by atoms with Crippen molar-refractivity contribution < 1.29 is 24.5 Å². The molecule has 2 aliphatic heterocycles. The number of aliphatic carboxylic acids is 2. The average molecular weight is 378 g/mol. The number of aromatic nitrogens is 2.